The molecule has 9 nitrogen and oxygen atoms in total. The molecule has 2 aromatic heterocycles. The SMILES string of the molecule is O=C(Cn1[nH]c(=O)c2ccccc2c1=O)Nc1ccc2nc(N3CCOCC3)sc2c1. The first-order valence-electron chi connectivity index (χ1n) is 9.83. The zero-order chi connectivity index (χ0) is 21.4. The Hall–Kier alpha value is -3.50. The predicted molar refractivity (Wildman–Crippen MR) is 120 cm³/mol. The first-order valence-corrected chi connectivity index (χ1v) is 10.7. The van der Waals surface area contributed by atoms with Crippen molar-refractivity contribution >= 4 is 49.1 Å². The summed E-state index contributed by atoms with van der Waals surface area (Å²) in [4.78, 5) is 44.2. The lowest BCUT2D eigenvalue weighted by atomic mass is 10.2. The van der Waals surface area contributed by atoms with Crippen LogP contribution < -0.4 is 21.3 Å². The molecule has 1 aliphatic rings. The van der Waals surface area contributed by atoms with Crippen molar-refractivity contribution in [2.75, 3.05) is 36.5 Å². The summed E-state index contributed by atoms with van der Waals surface area (Å²) in [6.45, 7) is 2.70. The van der Waals surface area contributed by atoms with Gasteiger partial charge >= 0.3 is 0 Å². The summed E-state index contributed by atoms with van der Waals surface area (Å²) in [6.07, 6.45) is 0. The first-order chi connectivity index (χ1) is 15.1. The molecule has 10 heteroatoms. The van der Waals surface area contributed by atoms with E-state index in [2.05, 4.69) is 20.3 Å². The Balaban J connectivity index is 1.35. The Bertz CT molecular complexity index is 1400. The lowest BCUT2D eigenvalue weighted by molar-refractivity contribution is -0.117. The molecule has 158 valence electrons. The summed E-state index contributed by atoms with van der Waals surface area (Å²) in [5, 5.41) is 6.77. The molecule has 0 saturated carbocycles. The van der Waals surface area contributed by atoms with Gasteiger partial charge in [0.25, 0.3) is 11.1 Å². The van der Waals surface area contributed by atoms with Crippen molar-refractivity contribution in [1.82, 2.24) is 14.8 Å². The minimum Gasteiger partial charge on any atom is -0.378 e. The maximum Gasteiger partial charge on any atom is 0.273 e. The van der Waals surface area contributed by atoms with E-state index in [1.165, 1.54) is 0 Å². The van der Waals surface area contributed by atoms with E-state index < -0.39 is 17.0 Å². The van der Waals surface area contributed by atoms with Gasteiger partial charge in [-0.05, 0) is 30.3 Å². The smallest absolute Gasteiger partial charge is 0.273 e. The van der Waals surface area contributed by atoms with Gasteiger partial charge in [-0.3, -0.25) is 19.5 Å². The van der Waals surface area contributed by atoms with E-state index in [0.717, 1.165) is 33.1 Å². The number of fused-ring (bicyclic) bond motifs is 2. The minimum atomic E-state index is -0.418. The molecule has 0 bridgehead atoms. The number of rotatable bonds is 4. The molecular formula is C21H19N5O4S. The topological polar surface area (TPSA) is 109 Å². The maximum atomic E-state index is 12.6. The van der Waals surface area contributed by atoms with Crippen LogP contribution in [0.4, 0.5) is 10.8 Å². The lowest BCUT2D eigenvalue weighted by Gasteiger charge is -2.25. The van der Waals surface area contributed by atoms with Crippen LogP contribution in [0.3, 0.4) is 0 Å². The summed E-state index contributed by atoms with van der Waals surface area (Å²) < 4.78 is 7.37. The first kappa shape index (κ1) is 19.5. The molecule has 1 amide bonds. The summed E-state index contributed by atoms with van der Waals surface area (Å²) in [6, 6.07) is 12.0. The summed E-state index contributed by atoms with van der Waals surface area (Å²) in [7, 11) is 0. The van der Waals surface area contributed by atoms with Crippen molar-refractivity contribution in [2.45, 2.75) is 6.54 Å². The zero-order valence-electron chi connectivity index (χ0n) is 16.5. The number of carbonyl (C=O) groups is 1. The van der Waals surface area contributed by atoms with Gasteiger partial charge in [-0.25, -0.2) is 9.67 Å². The molecule has 0 unspecified atom stereocenters. The minimum absolute atomic E-state index is 0.278. The number of nitrogens with zero attached hydrogens (tertiary/aromatic N) is 3. The lowest BCUT2D eigenvalue weighted by Crippen LogP contribution is -2.36. The van der Waals surface area contributed by atoms with Crippen LogP contribution in [0.2, 0.25) is 0 Å². The molecule has 1 saturated heterocycles. The third-order valence-electron chi connectivity index (χ3n) is 5.13. The molecule has 2 aromatic carbocycles. The molecule has 3 heterocycles. The number of benzene rings is 2. The van der Waals surface area contributed by atoms with Crippen molar-refractivity contribution in [3.63, 3.8) is 0 Å². The second-order valence-corrected chi connectivity index (χ2v) is 8.21. The predicted octanol–water partition coefficient (Wildman–Crippen LogP) is 1.77. The fourth-order valence-electron chi connectivity index (χ4n) is 3.58. The van der Waals surface area contributed by atoms with E-state index in [1.807, 2.05) is 12.1 Å². The number of morpholine rings is 1. The number of hydrogen-bond acceptors (Lipinski definition) is 7. The molecule has 0 spiro atoms. The maximum absolute atomic E-state index is 12.6. The standard InChI is InChI=1S/C21H19N5O4S/c27-18(12-26-20(29)15-4-2-1-3-14(15)19(28)24-26)22-13-5-6-16-17(11-13)31-21(23-16)25-7-9-30-10-8-25/h1-6,11H,7-10,12H2,(H,22,27)(H,24,28). The van der Waals surface area contributed by atoms with Gasteiger partial charge in [0.1, 0.15) is 6.54 Å². The van der Waals surface area contributed by atoms with Gasteiger partial charge in [-0.2, -0.15) is 0 Å². The van der Waals surface area contributed by atoms with Crippen LogP contribution in [-0.2, 0) is 16.1 Å². The molecule has 5 rings (SSSR count). The highest BCUT2D eigenvalue weighted by Crippen LogP contribution is 2.31. The fourth-order valence-corrected chi connectivity index (χ4v) is 4.64. The average Bonchev–Trinajstić information content (AvgIpc) is 3.21. The second kappa shape index (κ2) is 7.97. The highest BCUT2D eigenvalue weighted by Gasteiger charge is 2.16. The van der Waals surface area contributed by atoms with E-state index >= 15 is 0 Å². The summed E-state index contributed by atoms with van der Waals surface area (Å²) in [5.74, 6) is -0.412. The Kier molecular flexibility index (Phi) is 5.00. The van der Waals surface area contributed by atoms with Crippen molar-refractivity contribution in [3.05, 3.63) is 63.2 Å². The number of ether oxygens (including phenoxy) is 1. The van der Waals surface area contributed by atoms with E-state index in [-0.39, 0.29) is 11.9 Å². The van der Waals surface area contributed by atoms with E-state index in [0.29, 0.717) is 24.3 Å². The van der Waals surface area contributed by atoms with Crippen LogP contribution in [0.15, 0.2) is 52.1 Å². The van der Waals surface area contributed by atoms with Gasteiger partial charge in [0.15, 0.2) is 5.13 Å². The Morgan fingerprint density at radius 2 is 1.90 bits per heavy atom. The van der Waals surface area contributed by atoms with Crippen LogP contribution in [0, 0.1) is 0 Å². The number of thiazole rings is 1. The zero-order valence-corrected chi connectivity index (χ0v) is 17.3. The summed E-state index contributed by atoms with van der Waals surface area (Å²) in [5.41, 5.74) is 0.633. The number of aromatic nitrogens is 3. The molecule has 0 atom stereocenters. The number of amides is 1. The van der Waals surface area contributed by atoms with Crippen molar-refractivity contribution in [1.29, 1.82) is 0 Å². The van der Waals surface area contributed by atoms with Crippen LogP contribution in [0.1, 0.15) is 0 Å². The fraction of sp³-hybridized carbons (Fsp3) is 0.238. The number of nitrogens with one attached hydrogen (secondary N) is 2. The Morgan fingerprint density at radius 1 is 1.13 bits per heavy atom. The molecule has 0 radical (unpaired) electrons. The van der Waals surface area contributed by atoms with E-state index in [4.69, 9.17) is 4.74 Å². The highest BCUT2D eigenvalue weighted by atomic mass is 32.1. The Labute approximate surface area is 179 Å². The van der Waals surface area contributed by atoms with Crippen LogP contribution in [0.25, 0.3) is 21.0 Å². The Morgan fingerprint density at radius 3 is 2.71 bits per heavy atom. The van der Waals surface area contributed by atoms with Crippen LogP contribution in [0.5, 0.6) is 0 Å². The molecule has 31 heavy (non-hydrogen) atoms. The third-order valence-corrected chi connectivity index (χ3v) is 6.21. The number of H-pyrrole nitrogens is 1. The normalized spacial score (nSPS) is 14.3. The molecule has 1 fully saturated rings. The van der Waals surface area contributed by atoms with Crippen LogP contribution >= 0.6 is 11.3 Å². The van der Waals surface area contributed by atoms with Gasteiger partial charge in [-0.15, -0.1) is 0 Å². The quantitative estimate of drug-likeness (QED) is 0.504. The van der Waals surface area contributed by atoms with Crippen molar-refractivity contribution in [3.8, 4) is 0 Å². The van der Waals surface area contributed by atoms with Gasteiger partial charge in [0, 0.05) is 18.8 Å². The highest BCUT2D eigenvalue weighted by molar-refractivity contribution is 7.22. The van der Waals surface area contributed by atoms with Gasteiger partial charge in [0.05, 0.1) is 34.2 Å². The number of aromatic amines is 1. The molecule has 4 aromatic rings. The summed E-state index contributed by atoms with van der Waals surface area (Å²) >= 11 is 1.56. The molecule has 0 aliphatic carbocycles. The monoisotopic (exact) mass is 437 g/mol. The largest absolute Gasteiger partial charge is 0.378 e. The molecular weight excluding hydrogens is 418 g/mol. The average molecular weight is 437 g/mol. The van der Waals surface area contributed by atoms with Crippen molar-refractivity contribution < 1.29 is 9.53 Å². The van der Waals surface area contributed by atoms with E-state index in [9.17, 15) is 14.4 Å². The number of anilines is 2. The van der Waals surface area contributed by atoms with Crippen LogP contribution in [-0.4, -0.2) is 47.0 Å². The second-order valence-electron chi connectivity index (χ2n) is 7.20. The van der Waals surface area contributed by atoms with Gasteiger partial charge in [-0.1, -0.05) is 23.5 Å². The van der Waals surface area contributed by atoms with Gasteiger partial charge < -0.3 is 15.0 Å². The van der Waals surface area contributed by atoms with Crippen molar-refractivity contribution in [2.24, 2.45) is 0 Å². The van der Waals surface area contributed by atoms with Gasteiger partial charge in [0.2, 0.25) is 5.91 Å². The van der Waals surface area contributed by atoms with E-state index in [1.54, 1.807) is 41.7 Å². The molecule has 2 N–H and O–H groups in total. The third kappa shape index (κ3) is 3.82. The number of hydrogen-bond donors (Lipinski definition) is 2. The molecule has 1 aliphatic heterocycles. The number of carbonyl (C=O) groups excluding carboxylic acids is 1.